The summed E-state index contributed by atoms with van der Waals surface area (Å²) in [6, 6.07) is 7.96. The van der Waals surface area contributed by atoms with Crippen LogP contribution in [0.25, 0.3) is 0 Å². The third-order valence-corrected chi connectivity index (χ3v) is 3.93. The van der Waals surface area contributed by atoms with Crippen LogP contribution >= 0.6 is 11.3 Å². The predicted octanol–water partition coefficient (Wildman–Crippen LogP) is 2.90. The molecule has 1 amide bonds. The average molecular weight is 305 g/mol. The molecule has 2 N–H and O–H groups in total. The minimum atomic E-state index is -0.563. The third-order valence-electron chi connectivity index (χ3n) is 3.07. The van der Waals surface area contributed by atoms with Crippen LogP contribution < -0.4 is 5.73 Å². The van der Waals surface area contributed by atoms with Crippen molar-refractivity contribution in [3.05, 3.63) is 56.3 Å². The van der Waals surface area contributed by atoms with Crippen LogP contribution in [-0.4, -0.2) is 22.3 Å². The van der Waals surface area contributed by atoms with E-state index in [0.717, 1.165) is 4.88 Å². The highest BCUT2D eigenvalue weighted by molar-refractivity contribution is 7.09. The van der Waals surface area contributed by atoms with Crippen molar-refractivity contribution in [3.63, 3.8) is 0 Å². The Bertz CT molecular complexity index is 655. The number of benzene rings is 1. The van der Waals surface area contributed by atoms with Gasteiger partial charge in [-0.05, 0) is 30.5 Å². The van der Waals surface area contributed by atoms with Crippen LogP contribution in [0.5, 0.6) is 0 Å². The zero-order valence-corrected chi connectivity index (χ0v) is 12.3. The monoisotopic (exact) mass is 305 g/mol. The first-order valence-corrected chi connectivity index (χ1v) is 7.26. The van der Waals surface area contributed by atoms with E-state index in [2.05, 4.69) is 0 Å². The highest BCUT2D eigenvalue weighted by Gasteiger charge is 2.18. The number of rotatable bonds is 5. The van der Waals surface area contributed by atoms with Crippen molar-refractivity contribution in [2.45, 2.75) is 13.5 Å². The molecule has 0 spiro atoms. The first kappa shape index (κ1) is 15.0. The number of nitro benzene ring substituents is 1. The molecule has 0 saturated carbocycles. The second kappa shape index (κ2) is 6.36. The van der Waals surface area contributed by atoms with Gasteiger partial charge in [-0.3, -0.25) is 14.9 Å². The van der Waals surface area contributed by atoms with Crippen molar-refractivity contribution < 1.29 is 9.72 Å². The second-order valence-electron chi connectivity index (χ2n) is 4.43. The topological polar surface area (TPSA) is 89.5 Å². The van der Waals surface area contributed by atoms with E-state index in [9.17, 15) is 14.9 Å². The molecule has 6 nitrogen and oxygen atoms in total. The molecule has 0 aliphatic rings. The number of hydrogen-bond donors (Lipinski definition) is 1. The van der Waals surface area contributed by atoms with Crippen LogP contribution in [0.2, 0.25) is 0 Å². The van der Waals surface area contributed by atoms with Gasteiger partial charge in [-0.1, -0.05) is 6.07 Å². The summed E-state index contributed by atoms with van der Waals surface area (Å²) in [6.45, 7) is 2.96. The second-order valence-corrected chi connectivity index (χ2v) is 5.46. The number of nitrogens with zero attached hydrogens (tertiary/aromatic N) is 2. The van der Waals surface area contributed by atoms with Gasteiger partial charge in [0.15, 0.2) is 0 Å². The number of nitrogens with two attached hydrogens (primary N) is 1. The number of nitro groups is 1. The summed E-state index contributed by atoms with van der Waals surface area (Å²) < 4.78 is 0. The highest BCUT2D eigenvalue weighted by Crippen LogP contribution is 2.23. The van der Waals surface area contributed by atoms with E-state index in [1.54, 1.807) is 16.2 Å². The molecule has 7 heteroatoms. The number of anilines is 1. The first-order valence-electron chi connectivity index (χ1n) is 6.38. The fraction of sp³-hybridized carbons (Fsp3) is 0.214. The fourth-order valence-corrected chi connectivity index (χ4v) is 2.67. The number of thiophene rings is 1. The maximum atomic E-state index is 12.4. The summed E-state index contributed by atoms with van der Waals surface area (Å²) in [5, 5.41) is 12.7. The summed E-state index contributed by atoms with van der Waals surface area (Å²) in [5.74, 6) is -0.188. The Morgan fingerprint density at radius 2 is 2.19 bits per heavy atom. The normalized spacial score (nSPS) is 10.3. The molecule has 21 heavy (non-hydrogen) atoms. The molecule has 0 fully saturated rings. The molecule has 2 aromatic rings. The van der Waals surface area contributed by atoms with E-state index < -0.39 is 4.92 Å². The lowest BCUT2D eigenvalue weighted by atomic mass is 10.1. The Balaban J connectivity index is 2.21. The summed E-state index contributed by atoms with van der Waals surface area (Å²) >= 11 is 1.58. The van der Waals surface area contributed by atoms with Gasteiger partial charge < -0.3 is 10.6 Å². The van der Waals surface area contributed by atoms with Gasteiger partial charge >= 0.3 is 0 Å². The van der Waals surface area contributed by atoms with Gasteiger partial charge in [0.2, 0.25) is 0 Å². The minimum Gasteiger partial charge on any atom is -0.393 e. The number of carbonyl (C=O) groups is 1. The van der Waals surface area contributed by atoms with Crippen molar-refractivity contribution in [1.29, 1.82) is 0 Å². The number of amides is 1. The standard InChI is InChI=1S/C14H15N3O3S/c1-2-16(9-11-4-3-7-21-11)14(18)10-5-6-13(17(19)20)12(15)8-10/h3-8H,2,9,15H2,1H3. The molecule has 0 saturated heterocycles. The number of hydrogen-bond acceptors (Lipinski definition) is 5. The van der Waals surface area contributed by atoms with Gasteiger partial charge in [-0.25, -0.2) is 0 Å². The van der Waals surface area contributed by atoms with Crippen LogP contribution in [0.1, 0.15) is 22.2 Å². The number of nitrogen functional groups attached to an aromatic ring is 1. The minimum absolute atomic E-state index is 0.00183. The Labute approximate surface area is 126 Å². The summed E-state index contributed by atoms with van der Waals surface area (Å²) in [4.78, 5) is 25.4. The van der Waals surface area contributed by atoms with Gasteiger partial charge in [0.05, 0.1) is 11.5 Å². The Kier molecular flexibility index (Phi) is 4.54. The summed E-state index contributed by atoms with van der Waals surface area (Å²) in [6.07, 6.45) is 0. The third kappa shape index (κ3) is 3.38. The molecule has 0 atom stereocenters. The Morgan fingerprint density at radius 1 is 1.43 bits per heavy atom. The average Bonchev–Trinajstić information content (AvgIpc) is 2.96. The quantitative estimate of drug-likeness (QED) is 0.522. The van der Waals surface area contributed by atoms with Crippen LogP contribution in [0.15, 0.2) is 35.7 Å². The van der Waals surface area contributed by atoms with Crippen molar-refractivity contribution in [2.75, 3.05) is 12.3 Å². The van der Waals surface area contributed by atoms with Crippen molar-refractivity contribution in [2.24, 2.45) is 0 Å². The van der Waals surface area contributed by atoms with E-state index in [4.69, 9.17) is 5.73 Å². The Morgan fingerprint density at radius 3 is 2.71 bits per heavy atom. The zero-order chi connectivity index (χ0) is 15.4. The van der Waals surface area contributed by atoms with Crippen molar-refractivity contribution in [3.8, 4) is 0 Å². The van der Waals surface area contributed by atoms with Crippen LogP contribution in [-0.2, 0) is 6.54 Å². The smallest absolute Gasteiger partial charge is 0.292 e. The lowest BCUT2D eigenvalue weighted by Crippen LogP contribution is -2.30. The van der Waals surface area contributed by atoms with Gasteiger partial charge in [-0.2, -0.15) is 0 Å². The highest BCUT2D eigenvalue weighted by atomic mass is 32.1. The number of carbonyl (C=O) groups excluding carboxylic acids is 1. The van der Waals surface area contributed by atoms with E-state index in [-0.39, 0.29) is 17.3 Å². The molecule has 0 aliphatic carbocycles. The van der Waals surface area contributed by atoms with Crippen LogP contribution in [0.3, 0.4) is 0 Å². The molecule has 1 heterocycles. The summed E-state index contributed by atoms with van der Waals surface area (Å²) in [7, 11) is 0. The molecule has 1 aromatic carbocycles. The van der Waals surface area contributed by atoms with Gasteiger partial charge in [0.25, 0.3) is 11.6 Å². The van der Waals surface area contributed by atoms with E-state index in [1.807, 2.05) is 24.4 Å². The van der Waals surface area contributed by atoms with Crippen LogP contribution in [0, 0.1) is 10.1 Å². The fourth-order valence-electron chi connectivity index (χ4n) is 1.95. The van der Waals surface area contributed by atoms with Gasteiger partial charge in [0, 0.05) is 23.1 Å². The van der Waals surface area contributed by atoms with Gasteiger partial charge in [0.1, 0.15) is 5.69 Å². The molecule has 0 bridgehead atoms. The molecule has 110 valence electrons. The molecule has 0 unspecified atom stereocenters. The predicted molar refractivity (Wildman–Crippen MR) is 82.2 cm³/mol. The van der Waals surface area contributed by atoms with Crippen molar-refractivity contribution >= 4 is 28.6 Å². The van der Waals surface area contributed by atoms with E-state index in [1.165, 1.54) is 18.2 Å². The van der Waals surface area contributed by atoms with E-state index in [0.29, 0.717) is 18.7 Å². The molecular weight excluding hydrogens is 290 g/mol. The zero-order valence-electron chi connectivity index (χ0n) is 11.5. The lowest BCUT2D eigenvalue weighted by Gasteiger charge is -2.20. The molecule has 1 aromatic heterocycles. The maximum Gasteiger partial charge on any atom is 0.292 e. The first-order chi connectivity index (χ1) is 10.0. The molecule has 0 radical (unpaired) electrons. The summed E-state index contributed by atoms with van der Waals surface area (Å²) in [5.41, 5.74) is 5.80. The molecule has 2 rings (SSSR count). The van der Waals surface area contributed by atoms with Gasteiger partial charge in [-0.15, -0.1) is 11.3 Å². The molecule has 0 aliphatic heterocycles. The van der Waals surface area contributed by atoms with Crippen LogP contribution in [0.4, 0.5) is 11.4 Å². The van der Waals surface area contributed by atoms with Crippen molar-refractivity contribution in [1.82, 2.24) is 4.90 Å². The maximum absolute atomic E-state index is 12.4. The Hall–Kier alpha value is -2.41. The molecular formula is C14H15N3O3S. The largest absolute Gasteiger partial charge is 0.393 e. The lowest BCUT2D eigenvalue weighted by molar-refractivity contribution is -0.383. The SMILES string of the molecule is CCN(Cc1cccs1)C(=O)c1ccc([N+](=O)[O-])c(N)c1. The van der Waals surface area contributed by atoms with E-state index >= 15 is 0 Å².